The minimum absolute atomic E-state index is 0.0208. The van der Waals surface area contributed by atoms with E-state index < -0.39 is 188 Å². The number of ether oxygens (including phenoxy) is 8. The first kappa shape index (κ1) is 98.2. The molecule has 0 saturated heterocycles. The molecule has 16 aromatic rings. The molecule has 38 heteroatoms. The van der Waals surface area contributed by atoms with E-state index >= 15 is 17.6 Å². The molecule has 0 atom stereocenters. The summed E-state index contributed by atoms with van der Waals surface area (Å²) in [6.45, 7) is 2.46. The van der Waals surface area contributed by atoms with Gasteiger partial charge in [0.15, 0.2) is 58.2 Å². The van der Waals surface area contributed by atoms with Gasteiger partial charge in [0, 0.05) is 16.7 Å². The van der Waals surface area contributed by atoms with Gasteiger partial charge in [0.1, 0.15) is 73.9 Å². The average molecular weight is 1980 g/mol. The zero-order valence-corrected chi connectivity index (χ0v) is 74.0. The van der Waals surface area contributed by atoms with Crippen molar-refractivity contribution in [3.63, 3.8) is 0 Å². The summed E-state index contributed by atoms with van der Waals surface area (Å²) in [6.07, 6.45) is 0. The van der Waals surface area contributed by atoms with Crippen molar-refractivity contribution in [1.82, 2.24) is 0 Å². The highest BCUT2D eigenvalue weighted by molar-refractivity contribution is 7.92. The van der Waals surface area contributed by atoms with Crippen LogP contribution in [-0.4, -0.2) is 49.5 Å². The van der Waals surface area contributed by atoms with E-state index in [1.165, 1.54) is 127 Å². The van der Waals surface area contributed by atoms with Crippen molar-refractivity contribution in [1.29, 1.82) is 0 Å². The maximum atomic E-state index is 15.1. The van der Waals surface area contributed by atoms with Gasteiger partial charge >= 0.3 is 10.6 Å². The predicted octanol–water partition coefficient (Wildman–Crippen LogP) is 27.3. The fourth-order valence-corrected chi connectivity index (χ4v) is 16.7. The molecule has 0 aliphatic heterocycles. The number of hydrogen-bond acceptors (Lipinski definition) is 17. The lowest BCUT2D eigenvalue weighted by atomic mass is 9.99. The maximum absolute atomic E-state index is 15.1. The number of sulfone groups is 2. The molecule has 0 aliphatic carbocycles. The smallest absolute Gasteiger partial charge is 0.425 e. The summed E-state index contributed by atoms with van der Waals surface area (Å²) in [7, 11) is -14.7. The Morgan fingerprint density at radius 2 is 0.399 bits per heavy atom. The molecule has 0 aromatic heterocycles. The number of hydrogen-bond donors (Lipinski definition) is 1. The van der Waals surface area contributed by atoms with E-state index in [1.807, 2.05) is 24.3 Å². The number of rotatable bonds is 25. The molecule has 0 fully saturated rings. The Hall–Kier alpha value is -15.8. The predicted molar refractivity (Wildman–Crippen MR) is 469 cm³/mol. The summed E-state index contributed by atoms with van der Waals surface area (Å²) >= 11 is 0. The van der Waals surface area contributed by atoms with E-state index in [0.717, 1.165) is 37.1 Å². The molecule has 0 spiro atoms. The largest absolute Gasteiger partial charge is 0.497 e. The van der Waals surface area contributed by atoms with E-state index in [-0.39, 0.29) is 49.2 Å². The van der Waals surface area contributed by atoms with Crippen LogP contribution >= 0.6 is 0 Å². The summed E-state index contributed by atoms with van der Waals surface area (Å²) < 4.78 is 389. The van der Waals surface area contributed by atoms with Gasteiger partial charge in [-0.05, 0) is 253 Å². The lowest BCUT2D eigenvalue weighted by Gasteiger charge is -2.15. The van der Waals surface area contributed by atoms with E-state index in [9.17, 15) is 82.5 Å². The molecule has 16 rings (SSSR count). The zero-order valence-electron chi connectivity index (χ0n) is 70.7. The third-order valence-electron chi connectivity index (χ3n) is 20.7. The molecule has 0 aliphatic rings. The van der Waals surface area contributed by atoms with E-state index in [0.29, 0.717) is 74.8 Å². The fraction of sp³-hybridized carbons (Fsp3) is 0.0400. The molecular weight excluding hydrogens is 1920 g/mol. The molecule has 0 radical (unpaired) electrons. The van der Waals surface area contributed by atoms with Gasteiger partial charge in [-0.15, -0.1) is 12.6 Å². The van der Waals surface area contributed by atoms with Gasteiger partial charge in [-0.1, -0.05) is 97.1 Å². The molecule has 0 bridgehead atoms. The normalized spacial score (nSPS) is 11.3. The van der Waals surface area contributed by atoms with Gasteiger partial charge in [-0.2, -0.15) is 34.8 Å². The third-order valence-corrected chi connectivity index (χ3v) is 25.2. The highest BCUT2D eigenvalue weighted by atomic mass is 32.2. The molecule has 1 N–H and O–H groups in total. The van der Waals surface area contributed by atoms with Gasteiger partial charge in [0.25, 0.3) is 10.1 Å². The van der Waals surface area contributed by atoms with Crippen molar-refractivity contribution in [3.05, 3.63) is 395 Å². The first-order chi connectivity index (χ1) is 65.6. The Labute approximate surface area is 775 Å². The summed E-state index contributed by atoms with van der Waals surface area (Å²) in [6, 6.07) is 70.9. The first-order valence-electron chi connectivity index (χ1n) is 39.7. The topological polar surface area (TPSA) is 248 Å². The molecule has 16 aromatic carbocycles. The van der Waals surface area contributed by atoms with Crippen LogP contribution in [0, 0.1) is 114 Å². The molecule has 0 saturated carbocycles. The second kappa shape index (κ2) is 40.8. The number of halogens is 16. The van der Waals surface area contributed by atoms with Crippen LogP contribution in [0.2, 0.25) is 0 Å². The van der Waals surface area contributed by atoms with Gasteiger partial charge in [0.2, 0.25) is 71.8 Å². The molecular formula is C100H60F16O18S4. The van der Waals surface area contributed by atoms with E-state index in [4.69, 9.17) is 50.5 Å². The van der Waals surface area contributed by atoms with Crippen molar-refractivity contribution in [2.24, 2.45) is 0 Å². The van der Waals surface area contributed by atoms with Crippen LogP contribution in [0.3, 0.4) is 0 Å². The van der Waals surface area contributed by atoms with E-state index in [1.54, 1.807) is 128 Å². The van der Waals surface area contributed by atoms with Crippen LogP contribution in [0.15, 0.2) is 310 Å². The molecule has 138 heavy (non-hydrogen) atoms. The highest BCUT2D eigenvalue weighted by Gasteiger charge is 2.36. The van der Waals surface area contributed by atoms with Crippen molar-refractivity contribution < 1.29 is 151 Å². The molecule has 704 valence electrons. The van der Waals surface area contributed by atoms with Crippen LogP contribution in [0.1, 0.15) is 16.7 Å². The zero-order chi connectivity index (χ0) is 99.3. The second-order valence-electron chi connectivity index (χ2n) is 29.5. The maximum Gasteiger partial charge on any atom is 0.425 e. The average Bonchev–Trinajstić information content (AvgIpc) is 0.740. The van der Waals surface area contributed by atoms with E-state index in [2.05, 4.69) is 0 Å². The number of benzene rings is 16. The summed E-state index contributed by atoms with van der Waals surface area (Å²) in [5, 5.41) is 0. The Kier molecular flexibility index (Phi) is 29.0. The van der Waals surface area contributed by atoms with Crippen molar-refractivity contribution in [3.8, 4) is 142 Å². The van der Waals surface area contributed by atoms with Crippen LogP contribution in [0.25, 0.3) is 55.6 Å². The minimum Gasteiger partial charge on any atom is -0.497 e. The Balaban J connectivity index is 0.000000218. The van der Waals surface area contributed by atoms with Crippen molar-refractivity contribution >= 4 is 40.4 Å². The highest BCUT2D eigenvalue weighted by Crippen LogP contribution is 2.45. The Morgan fingerprint density at radius 1 is 0.225 bits per heavy atom. The molecule has 0 unspecified atom stereocenters. The quantitative estimate of drug-likeness (QED) is 0.0317. The molecule has 0 amide bonds. The third kappa shape index (κ3) is 21.3. The van der Waals surface area contributed by atoms with Crippen molar-refractivity contribution in [2.45, 2.75) is 45.2 Å². The van der Waals surface area contributed by atoms with Crippen LogP contribution in [0.5, 0.6) is 86.2 Å². The monoisotopic (exact) mass is 1980 g/mol. The Bertz CT molecular complexity index is 7730. The lowest BCUT2D eigenvalue weighted by Crippen LogP contribution is -2.09. The molecule has 18 nitrogen and oxygen atoms in total. The van der Waals surface area contributed by atoms with Crippen LogP contribution in [0.4, 0.5) is 70.2 Å². The second-order valence-corrected chi connectivity index (χ2v) is 35.2. The van der Waals surface area contributed by atoms with Gasteiger partial charge < -0.3 is 37.9 Å². The Morgan fingerprint density at radius 3 is 0.623 bits per heavy atom. The summed E-state index contributed by atoms with van der Waals surface area (Å²) in [4.78, 5) is -1.38. The van der Waals surface area contributed by atoms with Gasteiger partial charge in [-0.25, -0.2) is 60.7 Å². The van der Waals surface area contributed by atoms with Crippen LogP contribution in [-0.2, 0) is 40.4 Å². The van der Waals surface area contributed by atoms with Gasteiger partial charge in [0.05, 0.1) is 37.8 Å². The number of methoxy groups -OCH3 is 1. The SMILES string of the molecule is COc1ccc(-c2ccc(Oc3ccc(S(=O)(=O)c4ccc(Oc5ccc(-c6ccc(Oc7c(F)c(F)c(C)c(F)c7F)cc6)cc5)cc4)cc3S(=O)(=O)O)cc2)cc1.Cc1c(F)c(F)c(Oc2ccc(-c3ccc(Oc4ccc(S(=O)(=O)c5ccc(Oc6ccc(-c7ccc(Oc8c(F)c(F)c(-c9c(F)c(F)c(C)c(F)c9F)c(F)c8F)cc7)cc6)cc5)cc4)cc3)cc2)c(F)c1F.O=S(=O)=O. The van der Waals surface area contributed by atoms with Crippen molar-refractivity contribution in [2.75, 3.05) is 7.11 Å². The summed E-state index contributed by atoms with van der Waals surface area (Å²) in [5.41, 5.74) is -1.16. The minimum atomic E-state index is -4.93. The first-order valence-corrected chi connectivity index (χ1v) is 45.1. The van der Waals surface area contributed by atoms with Crippen LogP contribution < -0.4 is 37.9 Å². The summed E-state index contributed by atoms with van der Waals surface area (Å²) in [5.74, 6) is -32.4. The fourth-order valence-electron chi connectivity index (χ4n) is 13.5. The molecule has 0 heterocycles. The standard InChI is InChI=1S/C56H30F12O6S.C44H30F4O9S2.O3S/c1-27-43(57)47(61)41(48(62)44(27)58)42-49(63)53(67)56(54(68)50(42)64)74-38-17-9-32(10-18-38)30-5-13-34(14-6-30)72-36-21-25-40(26-22-36)75(69,70)39-23-19-35(20-24-39)71-33-11-3-29(4-12-33)31-7-15-37(16-8-31)73-55-51(65)45(59)28(2)46(60)52(55)66;1-26-40(45)42(47)44(43(48)41(26)46)57-35-17-9-30(10-18-35)28-5-13-32(14-6-28)55-33-19-21-36(22-20-33)58(49,50)37-23-24-38(39(25-37)59(51,52)53)56-34-15-7-29(8-16-34)27-3-11-31(54-2)12-4-27;1-4(2)3/h3-26H,1-2H3;3-25H,1-2H3,(H,51,52,53);. The van der Waals surface area contributed by atoms with Gasteiger partial charge in [-0.3, -0.25) is 4.55 Å². The lowest BCUT2D eigenvalue weighted by molar-refractivity contribution is 0.362.